The molecule has 1 aromatic heterocycles. The Hall–Kier alpha value is -1.50. The van der Waals surface area contributed by atoms with E-state index >= 15 is 0 Å². The van der Waals surface area contributed by atoms with E-state index in [1.165, 1.54) is 6.07 Å². The molecule has 0 aliphatic carbocycles. The second-order valence-corrected chi connectivity index (χ2v) is 5.41. The third-order valence-electron chi connectivity index (χ3n) is 2.72. The highest BCUT2D eigenvalue weighted by Gasteiger charge is 2.07. The summed E-state index contributed by atoms with van der Waals surface area (Å²) in [7, 11) is 1.65. The number of aromatic nitrogens is 1. The van der Waals surface area contributed by atoms with Gasteiger partial charge in [-0.25, -0.2) is 13.8 Å². The van der Waals surface area contributed by atoms with Gasteiger partial charge in [-0.15, -0.1) is 0 Å². The first-order valence-corrected chi connectivity index (χ1v) is 7.28. The van der Waals surface area contributed by atoms with Crippen LogP contribution in [0.1, 0.15) is 5.56 Å². The van der Waals surface area contributed by atoms with Crippen molar-refractivity contribution in [3.8, 4) is 0 Å². The molecular formula is C15H16F2N2OS. The molecule has 6 heteroatoms. The minimum absolute atomic E-state index is 0.230. The molecule has 0 spiro atoms. The van der Waals surface area contributed by atoms with Crippen molar-refractivity contribution in [3.05, 3.63) is 53.7 Å². The van der Waals surface area contributed by atoms with Crippen LogP contribution in [0.2, 0.25) is 0 Å². The molecule has 0 radical (unpaired) electrons. The molecular weight excluding hydrogens is 294 g/mol. The summed E-state index contributed by atoms with van der Waals surface area (Å²) in [5, 5.41) is 3.83. The Kier molecular flexibility index (Phi) is 6.10. The normalized spacial score (nSPS) is 10.8. The van der Waals surface area contributed by atoms with Gasteiger partial charge in [-0.2, -0.15) is 0 Å². The fourth-order valence-corrected chi connectivity index (χ4v) is 2.45. The number of nitrogens with zero attached hydrogens (tertiary/aromatic N) is 1. The number of hydrogen-bond donors (Lipinski definition) is 1. The van der Waals surface area contributed by atoms with Crippen molar-refractivity contribution in [2.75, 3.05) is 20.3 Å². The first kappa shape index (κ1) is 15.9. The number of halogens is 2. The van der Waals surface area contributed by atoms with Crippen LogP contribution < -0.4 is 5.32 Å². The summed E-state index contributed by atoms with van der Waals surface area (Å²) in [5.41, 5.74) is 1.02. The van der Waals surface area contributed by atoms with E-state index < -0.39 is 11.6 Å². The molecule has 0 aliphatic heterocycles. The van der Waals surface area contributed by atoms with E-state index in [-0.39, 0.29) is 4.90 Å². The lowest BCUT2D eigenvalue weighted by atomic mass is 10.3. The Morgan fingerprint density at radius 3 is 2.81 bits per heavy atom. The maximum atomic E-state index is 13.5. The molecule has 112 valence electrons. The van der Waals surface area contributed by atoms with Gasteiger partial charge in [-0.05, 0) is 29.8 Å². The van der Waals surface area contributed by atoms with Crippen LogP contribution in [0.4, 0.5) is 8.78 Å². The summed E-state index contributed by atoms with van der Waals surface area (Å²) in [6, 6.07) is 7.09. The van der Waals surface area contributed by atoms with E-state index in [4.69, 9.17) is 4.74 Å². The number of benzene rings is 1. The van der Waals surface area contributed by atoms with E-state index in [0.717, 1.165) is 36.0 Å². The van der Waals surface area contributed by atoms with Crippen molar-refractivity contribution in [1.29, 1.82) is 0 Å². The highest BCUT2D eigenvalue weighted by atomic mass is 32.2. The van der Waals surface area contributed by atoms with Gasteiger partial charge in [0.1, 0.15) is 16.7 Å². The van der Waals surface area contributed by atoms with Gasteiger partial charge in [0, 0.05) is 26.4 Å². The molecule has 2 rings (SSSR count). The topological polar surface area (TPSA) is 34.1 Å². The molecule has 21 heavy (non-hydrogen) atoms. The smallest absolute Gasteiger partial charge is 0.137 e. The molecule has 1 heterocycles. The Bertz CT molecular complexity index is 578. The molecule has 1 aromatic carbocycles. The molecule has 2 aromatic rings. The SMILES string of the molecule is COCCNCc1ccc(Sc2cc(F)ccc2F)nc1. The van der Waals surface area contributed by atoms with Gasteiger partial charge in [0.05, 0.1) is 11.5 Å². The minimum atomic E-state index is -0.460. The molecule has 0 unspecified atom stereocenters. The van der Waals surface area contributed by atoms with Gasteiger partial charge >= 0.3 is 0 Å². The highest BCUT2D eigenvalue weighted by Crippen LogP contribution is 2.28. The predicted molar refractivity (Wildman–Crippen MR) is 78.3 cm³/mol. The zero-order valence-electron chi connectivity index (χ0n) is 11.6. The molecule has 0 amide bonds. The van der Waals surface area contributed by atoms with Crippen molar-refractivity contribution >= 4 is 11.8 Å². The van der Waals surface area contributed by atoms with Gasteiger partial charge < -0.3 is 10.1 Å². The van der Waals surface area contributed by atoms with Crippen LogP contribution in [-0.4, -0.2) is 25.2 Å². The highest BCUT2D eigenvalue weighted by molar-refractivity contribution is 7.99. The fourth-order valence-electron chi connectivity index (χ4n) is 1.65. The largest absolute Gasteiger partial charge is 0.383 e. The second-order valence-electron chi connectivity index (χ2n) is 4.35. The standard InChI is InChI=1S/C15H16F2N2OS/c1-20-7-6-18-9-11-2-5-15(19-10-11)21-14-8-12(16)3-4-13(14)17/h2-5,8,10,18H,6-7,9H2,1H3. The maximum Gasteiger partial charge on any atom is 0.137 e. The van der Waals surface area contributed by atoms with Crippen LogP contribution in [0.15, 0.2) is 46.5 Å². The molecule has 0 bridgehead atoms. The lowest BCUT2D eigenvalue weighted by Crippen LogP contribution is -2.18. The van der Waals surface area contributed by atoms with Crippen LogP contribution in [0.25, 0.3) is 0 Å². The molecule has 0 saturated heterocycles. The number of ether oxygens (including phenoxy) is 1. The van der Waals surface area contributed by atoms with E-state index in [2.05, 4.69) is 10.3 Å². The summed E-state index contributed by atoms with van der Waals surface area (Å²) in [4.78, 5) is 4.48. The van der Waals surface area contributed by atoms with Crippen molar-refractivity contribution in [3.63, 3.8) is 0 Å². The van der Waals surface area contributed by atoms with Crippen molar-refractivity contribution in [2.24, 2.45) is 0 Å². The third-order valence-corrected chi connectivity index (χ3v) is 3.70. The molecule has 0 saturated carbocycles. The number of hydrogen-bond acceptors (Lipinski definition) is 4. The number of pyridine rings is 1. The van der Waals surface area contributed by atoms with Crippen LogP contribution in [0.5, 0.6) is 0 Å². The lowest BCUT2D eigenvalue weighted by Gasteiger charge is -2.06. The van der Waals surface area contributed by atoms with Gasteiger partial charge in [-0.1, -0.05) is 17.8 Å². The molecule has 0 aliphatic rings. The number of nitrogens with one attached hydrogen (secondary N) is 1. The summed E-state index contributed by atoms with van der Waals surface area (Å²) in [5.74, 6) is -0.911. The van der Waals surface area contributed by atoms with Gasteiger partial charge in [-0.3, -0.25) is 0 Å². The first-order chi connectivity index (χ1) is 10.2. The first-order valence-electron chi connectivity index (χ1n) is 6.46. The Morgan fingerprint density at radius 2 is 2.10 bits per heavy atom. The summed E-state index contributed by atoms with van der Waals surface area (Å²) < 4.78 is 31.6. The van der Waals surface area contributed by atoms with Gasteiger partial charge in [0.15, 0.2) is 0 Å². The summed E-state index contributed by atoms with van der Waals surface area (Å²) in [6.45, 7) is 2.11. The van der Waals surface area contributed by atoms with Crippen LogP contribution in [0.3, 0.4) is 0 Å². The van der Waals surface area contributed by atoms with E-state index in [1.54, 1.807) is 19.4 Å². The predicted octanol–water partition coefficient (Wildman–Crippen LogP) is 3.25. The van der Waals surface area contributed by atoms with Crippen molar-refractivity contribution in [1.82, 2.24) is 10.3 Å². The van der Waals surface area contributed by atoms with Crippen LogP contribution in [0, 0.1) is 11.6 Å². The zero-order chi connectivity index (χ0) is 15.1. The minimum Gasteiger partial charge on any atom is -0.383 e. The van der Waals surface area contributed by atoms with E-state index in [1.807, 2.05) is 6.07 Å². The Balaban J connectivity index is 1.94. The summed E-state index contributed by atoms with van der Waals surface area (Å²) in [6.07, 6.45) is 1.72. The maximum absolute atomic E-state index is 13.5. The lowest BCUT2D eigenvalue weighted by molar-refractivity contribution is 0.199. The molecule has 0 fully saturated rings. The monoisotopic (exact) mass is 310 g/mol. The van der Waals surface area contributed by atoms with Crippen LogP contribution in [-0.2, 0) is 11.3 Å². The van der Waals surface area contributed by atoms with E-state index in [0.29, 0.717) is 18.2 Å². The molecule has 1 N–H and O–H groups in total. The van der Waals surface area contributed by atoms with Gasteiger partial charge in [0.2, 0.25) is 0 Å². The quantitative estimate of drug-likeness (QED) is 0.796. The molecule has 3 nitrogen and oxygen atoms in total. The van der Waals surface area contributed by atoms with Crippen molar-refractivity contribution < 1.29 is 13.5 Å². The van der Waals surface area contributed by atoms with Crippen molar-refractivity contribution in [2.45, 2.75) is 16.5 Å². The Morgan fingerprint density at radius 1 is 1.24 bits per heavy atom. The summed E-state index contributed by atoms with van der Waals surface area (Å²) >= 11 is 1.10. The average molecular weight is 310 g/mol. The van der Waals surface area contributed by atoms with E-state index in [9.17, 15) is 8.78 Å². The molecule has 0 atom stereocenters. The zero-order valence-corrected chi connectivity index (χ0v) is 12.4. The fraction of sp³-hybridized carbons (Fsp3) is 0.267. The number of methoxy groups -OCH3 is 1. The average Bonchev–Trinajstić information content (AvgIpc) is 2.49. The second kappa shape index (κ2) is 8.07. The Labute approximate surface area is 126 Å². The number of rotatable bonds is 7. The third kappa shape index (κ3) is 5.08. The van der Waals surface area contributed by atoms with Gasteiger partial charge in [0.25, 0.3) is 0 Å². The van der Waals surface area contributed by atoms with Crippen LogP contribution >= 0.6 is 11.8 Å².